The molecule has 0 saturated heterocycles. The Morgan fingerprint density at radius 3 is 2.26 bits per heavy atom. The van der Waals surface area contributed by atoms with Crippen LogP contribution in [-0.2, 0) is 6.18 Å². The number of phenols is 2. The van der Waals surface area contributed by atoms with Gasteiger partial charge in [0.15, 0.2) is 0 Å². The third kappa shape index (κ3) is 2.81. The van der Waals surface area contributed by atoms with Gasteiger partial charge in [-0.25, -0.2) is 0 Å². The van der Waals surface area contributed by atoms with Crippen LogP contribution in [0.4, 0.5) is 13.2 Å². The molecule has 0 aromatic heterocycles. The number of aryl methyl sites for hydroxylation is 1. The highest BCUT2D eigenvalue weighted by Gasteiger charge is 2.31. The molecule has 0 bridgehead atoms. The van der Waals surface area contributed by atoms with Crippen LogP contribution >= 0.6 is 0 Å². The van der Waals surface area contributed by atoms with Crippen LogP contribution in [0.2, 0.25) is 0 Å². The standard InChI is InChI=1S/C14H11F3O2/c1-8-4-9(6-10(5-8)14(15,16)17)12-7-11(18)2-3-13(12)19/h2-7,18-19H,1H3. The Kier molecular flexibility index (Phi) is 3.14. The molecule has 0 amide bonds. The van der Waals surface area contributed by atoms with Gasteiger partial charge in [0.05, 0.1) is 5.56 Å². The van der Waals surface area contributed by atoms with Gasteiger partial charge < -0.3 is 10.2 Å². The Hall–Kier alpha value is -2.17. The second-order valence-electron chi connectivity index (χ2n) is 4.29. The molecule has 5 heteroatoms. The van der Waals surface area contributed by atoms with Gasteiger partial charge in [-0.05, 0) is 48.4 Å². The minimum absolute atomic E-state index is 0.122. The van der Waals surface area contributed by atoms with E-state index in [1.807, 2.05) is 0 Å². The number of phenolic OH excluding ortho intramolecular Hbond substituents is 2. The summed E-state index contributed by atoms with van der Waals surface area (Å²) in [6.45, 7) is 1.54. The topological polar surface area (TPSA) is 40.5 Å². The number of aromatic hydroxyl groups is 2. The molecular formula is C14H11F3O2. The van der Waals surface area contributed by atoms with Gasteiger partial charge in [0.2, 0.25) is 0 Å². The maximum atomic E-state index is 12.7. The first-order chi connectivity index (χ1) is 8.77. The van der Waals surface area contributed by atoms with E-state index in [2.05, 4.69) is 0 Å². The van der Waals surface area contributed by atoms with Crippen LogP contribution in [0.25, 0.3) is 11.1 Å². The van der Waals surface area contributed by atoms with Crippen LogP contribution < -0.4 is 0 Å². The SMILES string of the molecule is Cc1cc(-c2cc(O)ccc2O)cc(C(F)(F)F)c1. The largest absolute Gasteiger partial charge is 0.508 e. The Labute approximate surface area is 107 Å². The molecule has 2 aromatic carbocycles. The molecule has 2 aromatic rings. The van der Waals surface area contributed by atoms with Crippen molar-refractivity contribution in [2.45, 2.75) is 13.1 Å². The fourth-order valence-electron chi connectivity index (χ4n) is 1.86. The summed E-state index contributed by atoms with van der Waals surface area (Å²) in [6.07, 6.45) is -4.45. The fourth-order valence-corrected chi connectivity index (χ4v) is 1.86. The third-order valence-corrected chi connectivity index (χ3v) is 2.70. The molecule has 0 heterocycles. The van der Waals surface area contributed by atoms with Crippen LogP contribution in [0.5, 0.6) is 11.5 Å². The number of alkyl halides is 3. The first-order valence-electron chi connectivity index (χ1n) is 5.48. The summed E-state index contributed by atoms with van der Waals surface area (Å²) in [7, 11) is 0. The van der Waals surface area contributed by atoms with Crippen LogP contribution in [0.15, 0.2) is 36.4 Å². The van der Waals surface area contributed by atoms with Gasteiger partial charge in [0.1, 0.15) is 11.5 Å². The predicted octanol–water partition coefficient (Wildman–Crippen LogP) is 4.09. The van der Waals surface area contributed by atoms with Crippen LogP contribution in [0, 0.1) is 6.92 Å². The summed E-state index contributed by atoms with van der Waals surface area (Å²) in [5.74, 6) is -0.306. The average molecular weight is 268 g/mol. The summed E-state index contributed by atoms with van der Waals surface area (Å²) in [4.78, 5) is 0. The van der Waals surface area contributed by atoms with E-state index in [0.29, 0.717) is 5.56 Å². The molecule has 0 aliphatic carbocycles. The van der Waals surface area contributed by atoms with Crippen molar-refractivity contribution in [2.75, 3.05) is 0 Å². The zero-order valence-electron chi connectivity index (χ0n) is 9.99. The summed E-state index contributed by atoms with van der Waals surface area (Å²) < 4.78 is 38.2. The first kappa shape index (κ1) is 13.3. The van der Waals surface area contributed by atoms with E-state index in [9.17, 15) is 23.4 Å². The summed E-state index contributed by atoms with van der Waals surface area (Å²) in [5, 5.41) is 19.0. The number of hydrogen-bond donors (Lipinski definition) is 2. The number of hydrogen-bond acceptors (Lipinski definition) is 2. The lowest BCUT2D eigenvalue weighted by Crippen LogP contribution is -2.05. The van der Waals surface area contributed by atoms with Crippen molar-refractivity contribution in [2.24, 2.45) is 0 Å². The molecular weight excluding hydrogens is 257 g/mol. The summed E-state index contributed by atoms with van der Waals surface area (Å²) >= 11 is 0. The molecule has 100 valence electrons. The third-order valence-electron chi connectivity index (χ3n) is 2.70. The van der Waals surface area contributed by atoms with Crippen LogP contribution in [-0.4, -0.2) is 10.2 Å². The quantitative estimate of drug-likeness (QED) is 0.765. The van der Waals surface area contributed by atoms with Crippen molar-refractivity contribution in [3.05, 3.63) is 47.5 Å². The van der Waals surface area contributed by atoms with E-state index in [1.165, 1.54) is 24.3 Å². The van der Waals surface area contributed by atoms with Crippen molar-refractivity contribution in [3.8, 4) is 22.6 Å². The van der Waals surface area contributed by atoms with Gasteiger partial charge in [-0.1, -0.05) is 6.07 Å². The monoisotopic (exact) mass is 268 g/mol. The zero-order valence-corrected chi connectivity index (χ0v) is 9.99. The molecule has 0 radical (unpaired) electrons. The second-order valence-corrected chi connectivity index (χ2v) is 4.29. The lowest BCUT2D eigenvalue weighted by Gasteiger charge is -2.12. The van der Waals surface area contributed by atoms with Crippen molar-refractivity contribution in [1.29, 1.82) is 0 Å². The van der Waals surface area contributed by atoms with Crippen molar-refractivity contribution < 1.29 is 23.4 Å². The molecule has 0 aliphatic rings. The maximum absolute atomic E-state index is 12.7. The highest BCUT2D eigenvalue weighted by Crippen LogP contribution is 2.37. The average Bonchev–Trinajstić information content (AvgIpc) is 2.30. The van der Waals surface area contributed by atoms with Crippen LogP contribution in [0.3, 0.4) is 0 Å². The van der Waals surface area contributed by atoms with E-state index in [0.717, 1.165) is 12.1 Å². The van der Waals surface area contributed by atoms with E-state index in [-0.39, 0.29) is 22.6 Å². The number of rotatable bonds is 1. The minimum atomic E-state index is -4.45. The van der Waals surface area contributed by atoms with E-state index >= 15 is 0 Å². The molecule has 0 unspecified atom stereocenters. The second kappa shape index (κ2) is 4.50. The molecule has 2 nitrogen and oxygen atoms in total. The number of benzene rings is 2. The maximum Gasteiger partial charge on any atom is 0.416 e. The fraction of sp³-hybridized carbons (Fsp3) is 0.143. The van der Waals surface area contributed by atoms with Crippen molar-refractivity contribution >= 4 is 0 Å². The number of halogens is 3. The van der Waals surface area contributed by atoms with Crippen molar-refractivity contribution in [3.63, 3.8) is 0 Å². The Morgan fingerprint density at radius 2 is 1.63 bits per heavy atom. The molecule has 19 heavy (non-hydrogen) atoms. The Balaban J connectivity index is 2.63. The Morgan fingerprint density at radius 1 is 0.947 bits per heavy atom. The minimum Gasteiger partial charge on any atom is -0.508 e. The molecule has 0 atom stereocenters. The summed E-state index contributed by atoms with van der Waals surface area (Å²) in [6, 6.07) is 7.22. The predicted molar refractivity (Wildman–Crippen MR) is 64.9 cm³/mol. The van der Waals surface area contributed by atoms with Gasteiger partial charge >= 0.3 is 6.18 Å². The molecule has 0 fully saturated rings. The Bertz CT molecular complexity index is 619. The zero-order chi connectivity index (χ0) is 14.2. The molecule has 0 saturated carbocycles. The molecule has 0 spiro atoms. The lowest BCUT2D eigenvalue weighted by molar-refractivity contribution is -0.137. The smallest absolute Gasteiger partial charge is 0.416 e. The summed E-state index contributed by atoms with van der Waals surface area (Å²) in [5.41, 5.74) is 0.00716. The molecule has 2 N–H and O–H groups in total. The van der Waals surface area contributed by atoms with Crippen LogP contribution in [0.1, 0.15) is 11.1 Å². The molecule has 0 aliphatic heterocycles. The lowest BCUT2D eigenvalue weighted by atomic mass is 9.99. The highest BCUT2D eigenvalue weighted by molar-refractivity contribution is 5.72. The molecule has 2 rings (SSSR count). The van der Waals surface area contributed by atoms with Gasteiger partial charge in [-0.2, -0.15) is 13.2 Å². The normalized spacial score (nSPS) is 11.6. The van der Waals surface area contributed by atoms with Gasteiger partial charge in [0.25, 0.3) is 0 Å². The van der Waals surface area contributed by atoms with Gasteiger partial charge in [-0.3, -0.25) is 0 Å². The van der Waals surface area contributed by atoms with Gasteiger partial charge in [-0.15, -0.1) is 0 Å². The van der Waals surface area contributed by atoms with E-state index < -0.39 is 11.7 Å². The van der Waals surface area contributed by atoms with Gasteiger partial charge in [0, 0.05) is 5.56 Å². The van der Waals surface area contributed by atoms with Crippen molar-refractivity contribution in [1.82, 2.24) is 0 Å². The van der Waals surface area contributed by atoms with E-state index in [4.69, 9.17) is 0 Å². The highest BCUT2D eigenvalue weighted by atomic mass is 19.4. The van der Waals surface area contributed by atoms with E-state index in [1.54, 1.807) is 6.92 Å². The first-order valence-corrected chi connectivity index (χ1v) is 5.48.